The molecule has 2 aromatic rings. The quantitative estimate of drug-likeness (QED) is 0.740. The highest BCUT2D eigenvalue weighted by Gasteiger charge is 2.17. The van der Waals surface area contributed by atoms with E-state index in [9.17, 15) is 9.59 Å². The zero-order chi connectivity index (χ0) is 19.1. The van der Waals surface area contributed by atoms with Crippen LogP contribution in [0.4, 0.5) is 5.69 Å². The standard InChI is InChI=1S/C20H22Cl2N2O2/c1-3-10-24(20(26)11-15-6-4-14(2)5-7-15)13-19(25)23-18-9-8-16(21)12-17(18)22/h4-9,12H,3,10-11,13H2,1-2H3,(H,23,25). The van der Waals surface area contributed by atoms with Gasteiger partial charge in [-0.2, -0.15) is 0 Å². The number of benzene rings is 2. The number of rotatable bonds is 7. The Morgan fingerprint density at radius 2 is 1.77 bits per heavy atom. The molecule has 138 valence electrons. The van der Waals surface area contributed by atoms with E-state index in [1.807, 2.05) is 38.1 Å². The van der Waals surface area contributed by atoms with E-state index in [4.69, 9.17) is 23.2 Å². The van der Waals surface area contributed by atoms with Gasteiger partial charge < -0.3 is 10.2 Å². The highest BCUT2D eigenvalue weighted by Crippen LogP contribution is 2.25. The summed E-state index contributed by atoms with van der Waals surface area (Å²) in [6.07, 6.45) is 1.05. The lowest BCUT2D eigenvalue weighted by Gasteiger charge is -2.22. The second-order valence-corrected chi connectivity index (χ2v) is 6.99. The van der Waals surface area contributed by atoms with Gasteiger partial charge in [0, 0.05) is 11.6 Å². The average molecular weight is 393 g/mol. The van der Waals surface area contributed by atoms with Crippen molar-refractivity contribution in [2.45, 2.75) is 26.7 Å². The number of halogens is 2. The van der Waals surface area contributed by atoms with Gasteiger partial charge in [-0.05, 0) is 37.1 Å². The Labute approximate surface area is 164 Å². The van der Waals surface area contributed by atoms with Gasteiger partial charge >= 0.3 is 0 Å². The summed E-state index contributed by atoms with van der Waals surface area (Å²) in [5, 5.41) is 3.58. The second kappa shape index (κ2) is 9.60. The highest BCUT2D eigenvalue weighted by molar-refractivity contribution is 6.36. The first-order valence-electron chi connectivity index (χ1n) is 8.47. The van der Waals surface area contributed by atoms with Crippen LogP contribution in [0.15, 0.2) is 42.5 Å². The van der Waals surface area contributed by atoms with Crippen molar-refractivity contribution in [1.29, 1.82) is 0 Å². The maximum Gasteiger partial charge on any atom is 0.244 e. The smallest absolute Gasteiger partial charge is 0.244 e. The minimum absolute atomic E-state index is 0.0164. The molecule has 0 fully saturated rings. The molecule has 26 heavy (non-hydrogen) atoms. The van der Waals surface area contributed by atoms with Crippen molar-refractivity contribution >= 4 is 40.7 Å². The maximum absolute atomic E-state index is 12.6. The van der Waals surface area contributed by atoms with Gasteiger partial charge in [0.1, 0.15) is 0 Å². The summed E-state index contributed by atoms with van der Waals surface area (Å²) in [4.78, 5) is 26.5. The van der Waals surface area contributed by atoms with Gasteiger partial charge in [-0.3, -0.25) is 9.59 Å². The molecule has 0 radical (unpaired) electrons. The molecule has 2 amide bonds. The molecule has 0 bridgehead atoms. The van der Waals surface area contributed by atoms with Crippen molar-refractivity contribution in [1.82, 2.24) is 4.90 Å². The molecule has 0 spiro atoms. The van der Waals surface area contributed by atoms with Crippen LogP contribution in [0, 0.1) is 6.92 Å². The van der Waals surface area contributed by atoms with Crippen LogP contribution in [-0.4, -0.2) is 29.8 Å². The highest BCUT2D eigenvalue weighted by atomic mass is 35.5. The molecule has 0 unspecified atom stereocenters. The first kappa shape index (κ1) is 20.3. The molecule has 0 saturated carbocycles. The van der Waals surface area contributed by atoms with Crippen LogP contribution in [0.25, 0.3) is 0 Å². The molecule has 4 nitrogen and oxygen atoms in total. The molecular weight excluding hydrogens is 371 g/mol. The first-order chi connectivity index (χ1) is 12.4. The lowest BCUT2D eigenvalue weighted by atomic mass is 10.1. The third-order valence-electron chi connectivity index (χ3n) is 3.86. The molecule has 1 N–H and O–H groups in total. The summed E-state index contributed by atoms with van der Waals surface area (Å²) >= 11 is 11.9. The molecule has 0 aliphatic carbocycles. The Hall–Kier alpha value is -2.04. The number of anilines is 1. The van der Waals surface area contributed by atoms with Crippen LogP contribution in [0.1, 0.15) is 24.5 Å². The van der Waals surface area contributed by atoms with Crippen LogP contribution in [0.5, 0.6) is 0 Å². The lowest BCUT2D eigenvalue weighted by molar-refractivity contribution is -0.134. The molecule has 2 aromatic carbocycles. The van der Waals surface area contributed by atoms with Crippen molar-refractivity contribution < 1.29 is 9.59 Å². The van der Waals surface area contributed by atoms with E-state index < -0.39 is 0 Å². The van der Waals surface area contributed by atoms with Gasteiger partial charge in [0.25, 0.3) is 0 Å². The average Bonchev–Trinajstić information content (AvgIpc) is 2.59. The molecule has 0 atom stereocenters. The molecule has 0 heterocycles. The van der Waals surface area contributed by atoms with Gasteiger partial charge in [-0.15, -0.1) is 0 Å². The molecular formula is C20H22Cl2N2O2. The SMILES string of the molecule is CCCN(CC(=O)Nc1ccc(Cl)cc1Cl)C(=O)Cc1ccc(C)cc1. The minimum atomic E-state index is -0.292. The van der Waals surface area contributed by atoms with E-state index in [1.165, 1.54) is 0 Å². The number of nitrogens with zero attached hydrogens (tertiary/aromatic N) is 1. The monoisotopic (exact) mass is 392 g/mol. The van der Waals surface area contributed by atoms with E-state index in [2.05, 4.69) is 5.32 Å². The van der Waals surface area contributed by atoms with Crippen LogP contribution in [0.3, 0.4) is 0 Å². The third-order valence-corrected chi connectivity index (χ3v) is 4.41. The second-order valence-electron chi connectivity index (χ2n) is 6.15. The van der Waals surface area contributed by atoms with E-state index in [1.54, 1.807) is 23.1 Å². The molecule has 0 aliphatic rings. The van der Waals surface area contributed by atoms with Gasteiger partial charge in [0.05, 0.1) is 23.7 Å². The lowest BCUT2D eigenvalue weighted by Crippen LogP contribution is -2.39. The van der Waals surface area contributed by atoms with Crippen LogP contribution >= 0.6 is 23.2 Å². The topological polar surface area (TPSA) is 49.4 Å². The number of aryl methyl sites for hydroxylation is 1. The summed E-state index contributed by atoms with van der Waals surface area (Å²) in [6, 6.07) is 12.7. The van der Waals surface area contributed by atoms with Crippen molar-refractivity contribution in [3.8, 4) is 0 Å². The Bertz CT molecular complexity index is 776. The van der Waals surface area contributed by atoms with Gasteiger partial charge in [-0.1, -0.05) is 60.0 Å². The fraction of sp³-hybridized carbons (Fsp3) is 0.300. The zero-order valence-electron chi connectivity index (χ0n) is 14.9. The number of carbonyl (C=O) groups excluding carboxylic acids is 2. The van der Waals surface area contributed by atoms with Gasteiger partial charge in [0.15, 0.2) is 0 Å². The summed E-state index contributed by atoms with van der Waals surface area (Å²) < 4.78 is 0. The van der Waals surface area contributed by atoms with Gasteiger partial charge in [0.2, 0.25) is 11.8 Å². The predicted octanol–water partition coefficient (Wildman–Crippen LogP) is 4.72. The largest absolute Gasteiger partial charge is 0.333 e. The molecule has 6 heteroatoms. The number of hydrogen-bond acceptors (Lipinski definition) is 2. The van der Waals surface area contributed by atoms with E-state index in [0.29, 0.717) is 22.3 Å². The van der Waals surface area contributed by atoms with Crippen molar-refractivity contribution in [2.75, 3.05) is 18.4 Å². The van der Waals surface area contributed by atoms with Crippen LogP contribution in [0.2, 0.25) is 10.0 Å². The zero-order valence-corrected chi connectivity index (χ0v) is 16.4. The number of nitrogens with one attached hydrogen (secondary N) is 1. The van der Waals surface area contributed by atoms with Crippen molar-refractivity contribution in [3.63, 3.8) is 0 Å². The van der Waals surface area contributed by atoms with Gasteiger partial charge in [-0.25, -0.2) is 0 Å². The third kappa shape index (κ3) is 6.04. The molecule has 2 rings (SSSR count). The molecule has 0 aromatic heterocycles. The number of hydrogen-bond donors (Lipinski definition) is 1. The Balaban J connectivity index is 2.00. The molecule has 0 aliphatic heterocycles. The van der Waals surface area contributed by atoms with E-state index in [-0.39, 0.29) is 24.8 Å². The van der Waals surface area contributed by atoms with E-state index >= 15 is 0 Å². The fourth-order valence-electron chi connectivity index (χ4n) is 2.51. The summed E-state index contributed by atoms with van der Waals surface area (Å²) in [7, 11) is 0. The van der Waals surface area contributed by atoms with E-state index in [0.717, 1.165) is 17.5 Å². The van der Waals surface area contributed by atoms with Crippen LogP contribution in [-0.2, 0) is 16.0 Å². The summed E-state index contributed by atoms with van der Waals surface area (Å²) in [5.41, 5.74) is 2.55. The summed E-state index contributed by atoms with van der Waals surface area (Å²) in [6.45, 7) is 4.48. The van der Waals surface area contributed by atoms with Crippen molar-refractivity contribution in [3.05, 3.63) is 63.6 Å². The van der Waals surface area contributed by atoms with Crippen molar-refractivity contribution in [2.24, 2.45) is 0 Å². The molecule has 0 saturated heterocycles. The first-order valence-corrected chi connectivity index (χ1v) is 9.23. The maximum atomic E-state index is 12.6. The predicted molar refractivity (Wildman–Crippen MR) is 107 cm³/mol. The normalized spacial score (nSPS) is 10.5. The number of amides is 2. The fourth-order valence-corrected chi connectivity index (χ4v) is 2.96. The minimum Gasteiger partial charge on any atom is -0.333 e. The Kier molecular flexibility index (Phi) is 7.49. The number of carbonyl (C=O) groups is 2. The van der Waals surface area contributed by atoms with Crippen LogP contribution < -0.4 is 5.32 Å². The Morgan fingerprint density at radius 1 is 1.08 bits per heavy atom. The Morgan fingerprint density at radius 3 is 2.38 bits per heavy atom. The summed E-state index contributed by atoms with van der Waals surface area (Å²) in [5.74, 6) is -0.368.